The lowest BCUT2D eigenvalue weighted by Crippen LogP contribution is -1.90. The molecule has 3 nitrogen and oxygen atoms in total. The Kier molecular flexibility index (Phi) is 3.31. The molecule has 2 N–H and O–H groups in total. The number of nitrogen functional groups attached to an aromatic ring is 1. The molecule has 0 aliphatic heterocycles. The lowest BCUT2D eigenvalue weighted by Gasteiger charge is -2.05. The van der Waals surface area contributed by atoms with Crippen LogP contribution in [0.4, 0.5) is 5.69 Å². The fraction of sp³-hybridized carbons (Fsp3) is 0.0833. The van der Waals surface area contributed by atoms with Crippen LogP contribution in [0.3, 0.4) is 0 Å². The van der Waals surface area contributed by atoms with Crippen LogP contribution in [0.2, 0.25) is 0 Å². The van der Waals surface area contributed by atoms with Crippen molar-refractivity contribution < 1.29 is 4.74 Å². The average molecular weight is 232 g/mol. The van der Waals surface area contributed by atoms with Crippen LogP contribution in [0.25, 0.3) is 0 Å². The van der Waals surface area contributed by atoms with Crippen LogP contribution in [-0.4, -0.2) is 12.1 Å². The third kappa shape index (κ3) is 2.46. The first-order chi connectivity index (χ1) is 7.79. The summed E-state index contributed by atoms with van der Waals surface area (Å²) >= 11 is 1.53. The molecule has 16 heavy (non-hydrogen) atoms. The number of methoxy groups -OCH3 is 1. The normalized spacial score (nSPS) is 10.1. The van der Waals surface area contributed by atoms with Crippen LogP contribution in [-0.2, 0) is 0 Å². The summed E-state index contributed by atoms with van der Waals surface area (Å²) in [6.07, 6.45) is 0. The smallest absolute Gasteiger partial charge is 0.213 e. The van der Waals surface area contributed by atoms with E-state index in [1.807, 2.05) is 42.5 Å². The van der Waals surface area contributed by atoms with Gasteiger partial charge in [0.2, 0.25) is 5.88 Å². The molecule has 0 unspecified atom stereocenters. The SMILES string of the molecule is COc1cccc(Sc2ccccc2N)n1. The number of hydrogen-bond donors (Lipinski definition) is 1. The quantitative estimate of drug-likeness (QED) is 0.827. The Balaban J connectivity index is 2.24. The van der Waals surface area contributed by atoms with Crippen LogP contribution < -0.4 is 10.5 Å². The molecule has 82 valence electrons. The Hall–Kier alpha value is -1.68. The van der Waals surface area contributed by atoms with Crippen molar-refractivity contribution >= 4 is 17.4 Å². The van der Waals surface area contributed by atoms with Crippen LogP contribution in [0.5, 0.6) is 5.88 Å². The first kappa shape index (κ1) is 10.8. The molecule has 2 aromatic rings. The maximum absolute atomic E-state index is 5.86. The molecule has 1 aromatic carbocycles. The maximum atomic E-state index is 5.86. The molecule has 4 heteroatoms. The number of nitrogens with two attached hydrogens (primary N) is 1. The van der Waals surface area contributed by atoms with Crippen molar-refractivity contribution in [2.75, 3.05) is 12.8 Å². The van der Waals surface area contributed by atoms with Gasteiger partial charge in [-0.3, -0.25) is 0 Å². The number of rotatable bonds is 3. The number of ether oxygens (including phenoxy) is 1. The van der Waals surface area contributed by atoms with E-state index in [0.717, 1.165) is 15.6 Å². The standard InChI is InChI=1S/C12H12N2OS/c1-15-11-7-4-8-12(14-11)16-10-6-3-2-5-9(10)13/h2-8H,13H2,1H3. The van der Waals surface area contributed by atoms with E-state index in [1.165, 1.54) is 11.8 Å². The van der Waals surface area contributed by atoms with Crippen LogP contribution in [0.1, 0.15) is 0 Å². The molecule has 0 saturated carbocycles. The maximum Gasteiger partial charge on any atom is 0.213 e. The third-order valence-corrected chi connectivity index (χ3v) is 3.07. The third-order valence-electron chi connectivity index (χ3n) is 2.04. The van der Waals surface area contributed by atoms with Gasteiger partial charge in [0.1, 0.15) is 5.03 Å². The summed E-state index contributed by atoms with van der Waals surface area (Å²) < 4.78 is 5.07. The minimum absolute atomic E-state index is 0.611. The predicted octanol–water partition coefficient (Wildman–Crippen LogP) is 2.82. The number of hydrogen-bond acceptors (Lipinski definition) is 4. The molecular formula is C12H12N2OS. The van der Waals surface area contributed by atoms with E-state index in [1.54, 1.807) is 7.11 Å². The van der Waals surface area contributed by atoms with E-state index in [4.69, 9.17) is 10.5 Å². The van der Waals surface area contributed by atoms with Gasteiger partial charge >= 0.3 is 0 Å². The lowest BCUT2D eigenvalue weighted by atomic mass is 10.3. The van der Waals surface area contributed by atoms with Crippen molar-refractivity contribution in [2.24, 2.45) is 0 Å². The number of aromatic nitrogens is 1. The molecule has 0 atom stereocenters. The first-order valence-electron chi connectivity index (χ1n) is 4.83. The molecule has 0 aliphatic carbocycles. The van der Waals surface area contributed by atoms with Gasteiger partial charge in [-0.1, -0.05) is 30.0 Å². The molecule has 1 aromatic heterocycles. The summed E-state index contributed by atoms with van der Waals surface area (Å²) in [6, 6.07) is 13.4. The Morgan fingerprint density at radius 2 is 1.94 bits per heavy atom. The van der Waals surface area contributed by atoms with Crippen LogP contribution >= 0.6 is 11.8 Å². The largest absolute Gasteiger partial charge is 0.481 e. The minimum Gasteiger partial charge on any atom is -0.481 e. The van der Waals surface area contributed by atoms with Gasteiger partial charge in [-0.25, -0.2) is 4.98 Å². The summed E-state index contributed by atoms with van der Waals surface area (Å²) in [4.78, 5) is 5.32. The van der Waals surface area contributed by atoms with Gasteiger partial charge in [-0.15, -0.1) is 0 Å². The van der Waals surface area contributed by atoms with Gasteiger partial charge in [-0.05, 0) is 18.2 Å². The Morgan fingerprint density at radius 3 is 2.69 bits per heavy atom. The number of anilines is 1. The molecular weight excluding hydrogens is 220 g/mol. The molecule has 2 rings (SSSR count). The monoisotopic (exact) mass is 232 g/mol. The molecule has 1 heterocycles. The number of benzene rings is 1. The second-order valence-corrected chi connectivity index (χ2v) is 4.22. The molecule has 0 amide bonds. The first-order valence-corrected chi connectivity index (χ1v) is 5.64. The highest BCUT2D eigenvalue weighted by Gasteiger charge is 2.03. The zero-order valence-electron chi connectivity index (χ0n) is 8.88. The van der Waals surface area contributed by atoms with Gasteiger partial charge in [0, 0.05) is 16.6 Å². The van der Waals surface area contributed by atoms with Crippen LogP contribution in [0, 0.1) is 0 Å². The molecule has 0 saturated heterocycles. The van der Waals surface area contributed by atoms with Crippen molar-refractivity contribution in [2.45, 2.75) is 9.92 Å². The van der Waals surface area contributed by atoms with E-state index < -0.39 is 0 Å². The van der Waals surface area contributed by atoms with E-state index in [2.05, 4.69) is 4.98 Å². The fourth-order valence-corrected chi connectivity index (χ4v) is 2.09. The van der Waals surface area contributed by atoms with E-state index in [0.29, 0.717) is 5.88 Å². The van der Waals surface area contributed by atoms with Gasteiger partial charge in [0.05, 0.1) is 7.11 Å². The number of para-hydroxylation sites is 1. The van der Waals surface area contributed by atoms with Crippen molar-refractivity contribution in [3.05, 3.63) is 42.5 Å². The van der Waals surface area contributed by atoms with Gasteiger partial charge < -0.3 is 10.5 Å². The second-order valence-electron chi connectivity index (χ2n) is 3.16. The number of pyridine rings is 1. The summed E-state index contributed by atoms with van der Waals surface area (Å²) in [5.41, 5.74) is 6.62. The van der Waals surface area contributed by atoms with Gasteiger partial charge in [0.15, 0.2) is 0 Å². The summed E-state index contributed by atoms with van der Waals surface area (Å²) in [5.74, 6) is 0.611. The average Bonchev–Trinajstić information content (AvgIpc) is 2.32. The zero-order valence-corrected chi connectivity index (χ0v) is 9.70. The molecule has 0 radical (unpaired) electrons. The Bertz CT molecular complexity index is 488. The van der Waals surface area contributed by atoms with Crippen molar-refractivity contribution in [1.29, 1.82) is 0 Å². The van der Waals surface area contributed by atoms with E-state index in [-0.39, 0.29) is 0 Å². The summed E-state index contributed by atoms with van der Waals surface area (Å²) in [7, 11) is 1.60. The minimum atomic E-state index is 0.611. The van der Waals surface area contributed by atoms with Crippen LogP contribution in [0.15, 0.2) is 52.4 Å². The molecule has 0 aliphatic rings. The zero-order chi connectivity index (χ0) is 11.4. The van der Waals surface area contributed by atoms with E-state index >= 15 is 0 Å². The molecule has 0 spiro atoms. The van der Waals surface area contributed by atoms with Crippen molar-refractivity contribution in [1.82, 2.24) is 4.98 Å². The summed E-state index contributed by atoms with van der Waals surface area (Å²) in [6.45, 7) is 0. The second kappa shape index (κ2) is 4.90. The topological polar surface area (TPSA) is 48.1 Å². The molecule has 0 fully saturated rings. The summed E-state index contributed by atoms with van der Waals surface area (Å²) in [5, 5.41) is 0.872. The van der Waals surface area contributed by atoms with E-state index in [9.17, 15) is 0 Å². The Labute approximate surface area is 98.6 Å². The van der Waals surface area contributed by atoms with Crippen molar-refractivity contribution in [3.63, 3.8) is 0 Å². The Morgan fingerprint density at radius 1 is 1.12 bits per heavy atom. The highest BCUT2D eigenvalue weighted by atomic mass is 32.2. The molecule has 0 bridgehead atoms. The van der Waals surface area contributed by atoms with Gasteiger partial charge in [0.25, 0.3) is 0 Å². The predicted molar refractivity (Wildman–Crippen MR) is 65.8 cm³/mol. The lowest BCUT2D eigenvalue weighted by molar-refractivity contribution is 0.394. The highest BCUT2D eigenvalue weighted by molar-refractivity contribution is 7.99. The number of nitrogens with zero attached hydrogens (tertiary/aromatic N) is 1. The highest BCUT2D eigenvalue weighted by Crippen LogP contribution is 2.31. The van der Waals surface area contributed by atoms with Gasteiger partial charge in [-0.2, -0.15) is 0 Å². The van der Waals surface area contributed by atoms with Crippen molar-refractivity contribution in [3.8, 4) is 5.88 Å². The fourth-order valence-electron chi connectivity index (χ4n) is 1.25.